The van der Waals surface area contributed by atoms with Crippen molar-refractivity contribution in [1.82, 2.24) is 0 Å². The van der Waals surface area contributed by atoms with E-state index in [0.717, 1.165) is 0 Å². The van der Waals surface area contributed by atoms with Crippen LogP contribution in [0.1, 0.15) is 20.3 Å². The lowest BCUT2D eigenvalue weighted by molar-refractivity contribution is -0.220. The fourth-order valence-electron chi connectivity index (χ4n) is 0.495. The fourth-order valence-corrected chi connectivity index (χ4v) is 0.495. The highest BCUT2D eigenvalue weighted by Crippen LogP contribution is 2.16. The Balaban J connectivity index is 4.23. The molecule has 0 heterocycles. The second kappa shape index (κ2) is 2.98. The van der Waals surface area contributed by atoms with E-state index in [1.54, 1.807) is 6.92 Å². The number of hydrogen-bond acceptors (Lipinski definition) is 3. The Morgan fingerprint density at radius 3 is 2.10 bits per heavy atom. The van der Waals surface area contributed by atoms with Gasteiger partial charge >= 0.3 is 5.97 Å². The van der Waals surface area contributed by atoms with Gasteiger partial charge < -0.3 is 15.3 Å². The minimum absolute atomic E-state index is 0.416. The van der Waals surface area contributed by atoms with E-state index in [0.29, 0.717) is 6.42 Å². The largest absolute Gasteiger partial charge is 0.477 e. The molecule has 0 saturated heterocycles. The van der Waals surface area contributed by atoms with Gasteiger partial charge in [0.15, 0.2) is 0 Å². The summed E-state index contributed by atoms with van der Waals surface area (Å²) >= 11 is 0. The lowest BCUT2D eigenvalue weighted by Gasteiger charge is -2.22. The second-order valence-electron chi connectivity index (χ2n) is 2.34. The summed E-state index contributed by atoms with van der Waals surface area (Å²) in [5.41, 5.74) is 0. The maximum absolute atomic E-state index is 10.1. The number of aliphatic carboxylic acids is 1. The van der Waals surface area contributed by atoms with E-state index in [1.807, 2.05) is 0 Å². The first-order chi connectivity index (χ1) is 4.42. The molecule has 3 N–H and O–H groups in total. The average molecular weight is 148 g/mol. The van der Waals surface area contributed by atoms with Gasteiger partial charge in [0.05, 0.1) is 0 Å². The van der Waals surface area contributed by atoms with E-state index in [2.05, 4.69) is 0 Å². The number of aliphatic hydroxyl groups is 2. The molecule has 0 saturated carbocycles. The lowest BCUT2D eigenvalue weighted by atomic mass is 9.98. The van der Waals surface area contributed by atoms with E-state index >= 15 is 0 Å². The minimum atomic E-state index is -2.57. The number of carboxylic acids is 1. The first kappa shape index (κ1) is 9.39. The van der Waals surface area contributed by atoms with Gasteiger partial charge in [-0.1, -0.05) is 13.8 Å². The van der Waals surface area contributed by atoms with Crippen molar-refractivity contribution in [3.05, 3.63) is 0 Å². The Hall–Kier alpha value is -0.610. The van der Waals surface area contributed by atoms with Crippen LogP contribution < -0.4 is 0 Å². The van der Waals surface area contributed by atoms with E-state index in [-0.39, 0.29) is 0 Å². The smallest absolute Gasteiger partial charge is 0.364 e. The predicted molar refractivity (Wildman–Crippen MR) is 34.3 cm³/mol. The first-order valence-electron chi connectivity index (χ1n) is 3.11. The quantitative estimate of drug-likeness (QED) is 0.484. The van der Waals surface area contributed by atoms with Crippen molar-refractivity contribution in [1.29, 1.82) is 0 Å². The molecule has 0 aromatic carbocycles. The zero-order valence-corrected chi connectivity index (χ0v) is 6.03. The normalized spacial score (nSPS) is 14.8. The van der Waals surface area contributed by atoms with Crippen LogP contribution >= 0.6 is 0 Å². The van der Waals surface area contributed by atoms with Crippen LogP contribution in [0.5, 0.6) is 0 Å². The molecule has 0 aliphatic rings. The minimum Gasteiger partial charge on any atom is -0.477 e. The molecule has 4 nitrogen and oxygen atoms in total. The Morgan fingerprint density at radius 1 is 1.60 bits per heavy atom. The molecular formula is C6H12O4. The van der Waals surface area contributed by atoms with Crippen LogP contribution in [0.15, 0.2) is 0 Å². The van der Waals surface area contributed by atoms with Crippen LogP contribution in [0, 0.1) is 5.92 Å². The molecular weight excluding hydrogens is 136 g/mol. The number of rotatable bonds is 3. The molecule has 0 bridgehead atoms. The molecule has 0 aliphatic carbocycles. The second-order valence-corrected chi connectivity index (χ2v) is 2.34. The summed E-state index contributed by atoms with van der Waals surface area (Å²) in [5, 5.41) is 25.9. The van der Waals surface area contributed by atoms with Crippen LogP contribution in [0.4, 0.5) is 0 Å². The van der Waals surface area contributed by atoms with Crippen molar-refractivity contribution in [3.63, 3.8) is 0 Å². The van der Waals surface area contributed by atoms with E-state index in [4.69, 9.17) is 15.3 Å². The van der Waals surface area contributed by atoms with Gasteiger partial charge in [-0.2, -0.15) is 0 Å². The van der Waals surface area contributed by atoms with Crippen molar-refractivity contribution in [2.45, 2.75) is 26.1 Å². The first-order valence-corrected chi connectivity index (χ1v) is 3.11. The molecule has 60 valence electrons. The summed E-state index contributed by atoms with van der Waals surface area (Å²) in [6.45, 7) is 3.16. The Bertz CT molecular complexity index is 130. The summed E-state index contributed by atoms with van der Waals surface area (Å²) < 4.78 is 0. The maximum Gasteiger partial charge on any atom is 0.364 e. The highest BCUT2D eigenvalue weighted by molar-refractivity contribution is 5.75. The highest BCUT2D eigenvalue weighted by atomic mass is 16.5. The van der Waals surface area contributed by atoms with Gasteiger partial charge in [0, 0.05) is 5.92 Å². The van der Waals surface area contributed by atoms with Crippen LogP contribution in [0.25, 0.3) is 0 Å². The molecule has 10 heavy (non-hydrogen) atoms. The van der Waals surface area contributed by atoms with Crippen LogP contribution in [-0.2, 0) is 4.79 Å². The molecule has 1 unspecified atom stereocenters. The third kappa shape index (κ3) is 1.68. The van der Waals surface area contributed by atoms with Crippen LogP contribution in [-0.4, -0.2) is 27.1 Å². The summed E-state index contributed by atoms with van der Waals surface area (Å²) in [6, 6.07) is 0. The number of carbonyl (C=O) groups is 1. The van der Waals surface area contributed by atoms with Gasteiger partial charge in [-0.15, -0.1) is 0 Å². The zero-order valence-electron chi connectivity index (χ0n) is 6.03. The molecule has 0 rings (SSSR count). The van der Waals surface area contributed by atoms with Crippen molar-refractivity contribution in [2.24, 2.45) is 5.92 Å². The lowest BCUT2D eigenvalue weighted by Crippen LogP contribution is -2.44. The third-order valence-electron chi connectivity index (χ3n) is 1.61. The van der Waals surface area contributed by atoms with E-state index in [1.165, 1.54) is 6.92 Å². The predicted octanol–water partition coefficient (Wildman–Crippen LogP) is -0.202. The van der Waals surface area contributed by atoms with Gasteiger partial charge in [0.25, 0.3) is 5.79 Å². The van der Waals surface area contributed by atoms with E-state index < -0.39 is 17.7 Å². The molecule has 0 aromatic heterocycles. The van der Waals surface area contributed by atoms with Crippen molar-refractivity contribution >= 4 is 5.97 Å². The third-order valence-corrected chi connectivity index (χ3v) is 1.61. The van der Waals surface area contributed by atoms with Crippen LogP contribution in [0.2, 0.25) is 0 Å². The monoisotopic (exact) mass is 148 g/mol. The zero-order chi connectivity index (χ0) is 8.36. The number of hydrogen-bond donors (Lipinski definition) is 3. The van der Waals surface area contributed by atoms with Crippen molar-refractivity contribution in [3.8, 4) is 0 Å². The standard InChI is InChI=1S/C6H12O4/c1-3-4(2)6(9,10)5(7)8/h4,9-10H,3H2,1-2H3,(H,7,8). The maximum atomic E-state index is 10.1. The summed E-state index contributed by atoms with van der Waals surface area (Å²) in [4.78, 5) is 10.1. The molecule has 4 heteroatoms. The SMILES string of the molecule is CCC(C)C(O)(O)C(=O)O. The highest BCUT2D eigenvalue weighted by Gasteiger charge is 2.38. The topological polar surface area (TPSA) is 77.8 Å². The van der Waals surface area contributed by atoms with Crippen molar-refractivity contribution < 1.29 is 20.1 Å². The Kier molecular flexibility index (Phi) is 2.80. The molecule has 0 aliphatic heterocycles. The molecule has 0 spiro atoms. The van der Waals surface area contributed by atoms with Gasteiger partial charge in [-0.05, 0) is 6.42 Å². The van der Waals surface area contributed by atoms with Gasteiger partial charge in [0.1, 0.15) is 0 Å². The molecule has 1 atom stereocenters. The molecule has 0 aromatic rings. The Labute approximate surface area is 59.1 Å². The fraction of sp³-hybridized carbons (Fsp3) is 0.833. The van der Waals surface area contributed by atoms with Crippen LogP contribution in [0.3, 0.4) is 0 Å². The van der Waals surface area contributed by atoms with Crippen molar-refractivity contribution in [2.75, 3.05) is 0 Å². The number of carboxylic acid groups (broad SMARTS) is 1. The van der Waals surface area contributed by atoms with Gasteiger partial charge in [0.2, 0.25) is 0 Å². The summed E-state index contributed by atoms with van der Waals surface area (Å²) in [5.74, 6) is -4.82. The average Bonchev–Trinajstić information content (AvgIpc) is 1.86. The molecule has 0 amide bonds. The molecule has 0 fully saturated rings. The summed E-state index contributed by atoms with van der Waals surface area (Å²) in [6.07, 6.45) is 0.416. The Morgan fingerprint density at radius 2 is 2.00 bits per heavy atom. The van der Waals surface area contributed by atoms with Gasteiger partial charge in [-0.3, -0.25) is 0 Å². The van der Waals surface area contributed by atoms with E-state index in [9.17, 15) is 4.79 Å². The van der Waals surface area contributed by atoms with Gasteiger partial charge in [-0.25, -0.2) is 4.79 Å². The molecule has 0 radical (unpaired) electrons. The summed E-state index contributed by atoms with van der Waals surface area (Å²) in [7, 11) is 0.